The molecule has 0 saturated heterocycles. The fourth-order valence-electron chi connectivity index (χ4n) is 2.37. The highest BCUT2D eigenvalue weighted by atomic mass is 16.2. The highest BCUT2D eigenvalue weighted by Gasteiger charge is 2.21. The normalized spacial score (nSPS) is 14.8. The molecular weight excluding hydrogens is 238 g/mol. The summed E-state index contributed by atoms with van der Waals surface area (Å²) < 4.78 is 0. The van der Waals surface area contributed by atoms with Crippen molar-refractivity contribution in [1.82, 2.24) is 5.32 Å². The van der Waals surface area contributed by atoms with Crippen LogP contribution in [0.5, 0.6) is 0 Å². The van der Waals surface area contributed by atoms with Crippen LogP contribution in [0.4, 0.5) is 0 Å². The predicted molar refractivity (Wildman–Crippen MR) is 74.2 cm³/mol. The van der Waals surface area contributed by atoms with Crippen molar-refractivity contribution >= 4 is 5.91 Å². The second-order valence-corrected chi connectivity index (χ2v) is 4.86. The van der Waals surface area contributed by atoms with E-state index in [9.17, 15) is 4.79 Å². The largest absolute Gasteiger partial charge is 0.384 e. The van der Waals surface area contributed by atoms with Crippen LogP contribution in [0, 0.1) is 17.8 Å². The van der Waals surface area contributed by atoms with Gasteiger partial charge in [0.05, 0.1) is 0 Å². The zero-order chi connectivity index (χ0) is 13.5. The summed E-state index contributed by atoms with van der Waals surface area (Å²) in [5.41, 5.74) is 1.95. The molecule has 0 bridgehead atoms. The van der Waals surface area contributed by atoms with Gasteiger partial charge in [-0.15, -0.1) is 0 Å². The fraction of sp³-hybridized carbons (Fsp3) is 0.438. The summed E-state index contributed by atoms with van der Waals surface area (Å²) >= 11 is 0. The van der Waals surface area contributed by atoms with Gasteiger partial charge in [0, 0.05) is 18.0 Å². The van der Waals surface area contributed by atoms with Crippen LogP contribution in [0.25, 0.3) is 0 Å². The molecule has 0 aliphatic heterocycles. The lowest BCUT2D eigenvalue weighted by Gasteiger charge is -2.10. The number of hydrogen-bond acceptors (Lipinski definition) is 2. The molecule has 0 unspecified atom stereocenters. The first-order valence-electron chi connectivity index (χ1n) is 6.76. The number of carbonyl (C=O) groups excluding carboxylic acids is 1. The first kappa shape index (κ1) is 13.6. The van der Waals surface area contributed by atoms with Crippen molar-refractivity contribution < 1.29 is 9.90 Å². The van der Waals surface area contributed by atoms with Gasteiger partial charge in [0.25, 0.3) is 0 Å². The zero-order valence-corrected chi connectivity index (χ0v) is 11.0. The Morgan fingerprint density at radius 3 is 2.58 bits per heavy atom. The van der Waals surface area contributed by atoms with Crippen molar-refractivity contribution in [2.45, 2.75) is 32.2 Å². The molecule has 2 N–H and O–H groups in total. The molecule has 0 atom stereocenters. The summed E-state index contributed by atoms with van der Waals surface area (Å²) in [5.74, 6) is 5.85. The number of aliphatic hydroxyl groups is 1. The minimum atomic E-state index is -0.126. The van der Waals surface area contributed by atoms with Gasteiger partial charge in [0.1, 0.15) is 6.61 Å². The number of hydrogen-bond donors (Lipinski definition) is 2. The average Bonchev–Trinajstić information content (AvgIpc) is 2.98. The molecule has 1 aliphatic carbocycles. The van der Waals surface area contributed by atoms with E-state index < -0.39 is 0 Å². The number of aliphatic hydroxyl groups excluding tert-OH is 1. The molecule has 1 amide bonds. The minimum Gasteiger partial charge on any atom is -0.384 e. The summed E-state index contributed by atoms with van der Waals surface area (Å²) in [4.78, 5) is 11.9. The van der Waals surface area contributed by atoms with Gasteiger partial charge in [0.15, 0.2) is 0 Å². The van der Waals surface area contributed by atoms with Crippen LogP contribution >= 0.6 is 0 Å². The van der Waals surface area contributed by atoms with Gasteiger partial charge < -0.3 is 10.4 Å². The van der Waals surface area contributed by atoms with Crippen LogP contribution in [0.15, 0.2) is 24.3 Å². The number of benzene rings is 1. The Morgan fingerprint density at radius 1 is 1.26 bits per heavy atom. The highest BCUT2D eigenvalue weighted by molar-refractivity contribution is 5.78. The molecule has 2 rings (SSSR count). The molecule has 0 spiro atoms. The van der Waals surface area contributed by atoms with Crippen molar-refractivity contribution in [3.05, 3.63) is 35.4 Å². The molecule has 3 nitrogen and oxygen atoms in total. The van der Waals surface area contributed by atoms with Gasteiger partial charge in [-0.25, -0.2) is 0 Å². The van der Waals surface area contributed by atoms with E-state index in [1.54, 1.807) is 0 Å². The van der Waals surface area contributed by atoms with E-state index >= 15 is 0 Å². The van der Waals surface area contributed by atoms with Crippen molar-refractivity contribution in [1.29, 1.82) is 0 Å². The second-order valence-electron chi connectivity index (χ2n) is 4.86. The fourth-order valence-corrected chi connectivity index (χ4v) is 2.37. The van der Waals surface area contributed by atoms with Gasteiger partial charge in [-0.3, -0.25) is 4.79 Å². The van der Waals surface area contributed by atoms with Gasteiger partial charge in [0.2, 0.25) is 5.91 Å². The molecule has 1 aliphatic rings. The van der Waals surface area contributed by atoms with Gasteiger partial charge in [-0.1, -0.05) is 36.8 Å². The summed E-state index contributed by atoms with van der Waals surface area (Å²) in [6.07, 6.45) is 4.41. The number of amides is 1. The number of carbonyl (C=O) groups is 1. The zero-order valence-electron chi connectivity index (χ0n) is 11.0. The van der Waals surface area contributed by atoms with Gasteiger partial charge >= 0.3 is 0 Å². The molecule has 1 aromatic carbocycles. The van der Waals surface area contributed by atoms with Crippen LogP contribution in [-0.4, -0.2) is 17.6 Å². The van der Waals surface area contributed by atoms with Gasteiger partial charge in [-0.05, 0) is 30.5 Å². The Kier molecular flexibility index (Phi) is 5.00. The maximum atomic E-state index is 11.9. The molecule has 1 fully saturated rings. The van der Waals surface area contributed by atoms with E-state index in [0.717, 1.165) is 24.0 Å². The van der Waals surface area contributed by atoms with E-state index in [1.165, 1.54) is 12.8 Å². The van der Waals surface area contributed by atoms with Crippen LogP contribution in [0.2, 0.25) is 0 Å². The SMILES string of the molecule is O=C(NCc1ccc(C#CCO)cc1)C1CCCC1. The van der Waals surface area contributed by atoms with Crippen LogP contribution in [-0.2, 0) is 11.3 Å². The molecule has 0 radical (unpaired) electrons. The Hall–Kier alpha value is -1.79. The minimum absolute atomic E-state index is 0.126. The third-order valence-electron chi connectivity index (χ3n) is 3.46. The highest BCUT2D eigenvalue weighted by Crippen LogP contribution is 2.24. The van der Waals surface area contributed by atoms with E-state index in [1.807, 2.05) is 24.3 Å². The monoisotopic (exact) mass is 257 g/mol. The van der Waals surface area contributed by atoms with Crippen LogP contribution in [0.1, 0.15) is 36.8 Å². The van der Waals surface area contributed by atoms with E-state index in [0.29, 0.717) is 6.54 Å². The Labute approximate surface area is 114 Å². The third kappa shape index (κ3) is 4.11. The van der Waals surface area contributed by atoms with Crippen molar-refractivity contribution in [3.63, 3.8) is 0 Å². The van der Waals surface area contributed by atoms with Gasteiger partial charge in [-0.2, -0.15) is 0 Å². The second kappa shape index (κ2) is 6.96. The lowest BCUT2D eigenvalue weighted by atomic mass is 10.1. The summed E-state index contributed by atoms with van der Waals surface area (Å²) in [5, 5.41) is 11.6. The summed E-state index contributed by atoms with van der Waals surface area (Å²) in [7, 11) is 0. The average molecular weight is 257 g/mol. The molecule has 0 heterocycles. The quantitative estimate of drug-likeness (QED) is 0.812. The smallest absolute Gasteiger partial charge is 0.223 e. The Morgan fingerprint density at radius 2 is 1.95 bits per heavy atom. The standard InChI is InChI=1S/C16H19NO2/c18-11-3-4-13-7-9-14(10-8-13)12-17-16(19)15-5-1-2-6-15/h7-10,15,18H,1-2,5-6,11-12H2,(H,17,19). The molecule has 1 aromatic rings. The molecular formula is C16H19NO2. The lowest BCUT2D eigenvalue weighted by Crippen LogP contribution is -2.28. The predicted octanol–water partition coefficient (Wildman–Crippen LogP) is 1.84. The number of nitrogens with one attached hydrogen (secondary N) is 1. The first-order valence-corrected chi connectivity index (χ1v) is 6.76. The van der Waals surface area contributed by atoms with Crippen molar-refractivity contribution in [2.75, 3.05) is 6.61 Å². The maximum Gasteiger partial charge on any atom is 0.223 e. The van der Waals surface area contributed by atoms with E-state index in [2.05, 4.69) is 17.2 Å². The molecule has 0 aromatic heterocycles. The van der Waals surface area contributed by atoms with Crippen molar-refractivity contribution in [2.24, 2.45) is 5.92 Å². The maximum absolute atomic E-state index is 11.9. The Bertz CT molecular complexity index is 476. The topological polar surface area (TPSA) is 49.3 Å². The molecule has 3 heteroatoms. The van der Waals surface area contributed by atoms with Crippen LogP contribution in [0.3, 0.4) is 0 Å². The summed E-state index contributed by atoms with van der Waals surface area (Å²) in [6.45, 7) is 0.447. The molecule has 19 heavy (non-hydrogen) atoms. The molecule has 1 saturated carbocycles. The van der Waals surface area contributed by atoms with Crippen LogP contribution < -0.4 is 5.32 Å². The lowest BCUT2D eigenvalue weighted by molar-refractivity contribution is -0.124. The Balaban J connectivity index is 1.84. The number of rotatable bonds is 3. The van der Waals surface area contributed by atoms with E-state index in [4.69, 9.17) is 5.11 Å². The third-order valence-corrected chi connectivity index (χ3v) is 3.46. The first-order chi connectivity index (χ1) is 9.29. The van der Waals surface area contributed by atoms with E-state index in [-0.39, 0.29) is 18.4 Å². The summed E-state index contributed by atoms with van der Waals surface area (Å²) in [6, 6.07) is 7.71. The molecule has 100 valence electrons. The van der Waals surface area contributed by atoms with Crippen molar-refractivity contribution in [3.8, 4) is 11.8 Å².